The zero-order valence-corrected chi connectivity index (χ0v) is 13.5. The summed E-state index contributed by atoms with van der Waals surface area (Å²) in [4.78, 5) is 19.9. The van der Waals surface area contributed by atoms with Crippen molar-refractivity contribution in [3.8, 4) is 0 Å². The summed E-state index contributed by atoms with van der Waals surface area (Å²) in [6.45, 7) is 8.34. The van der Waals surface area contributed by atoms with Crippen molar-refractivity contribution >= 4 is 17.2 Å². The summed E-state index contributed by atoms with van der Waals surface area (Å²) in [6, 6.07) is 0. The molecule has 0 aliphatic carbocycles. The van der Waals surface area contributed by atoms with E-state index < -0.39 is 0 Å². The van der Waals surface area contributed by atoms with Crippen molar-refractivity contribution in [2.75, 3.05) is 19.7 Å². The van der Waals surface area contributed by atoms with Crippen molar-refractivity contribution in [3.63, 3.8) is 0 Å². The van der Waals surface area contributed by atoms with Crippen LogP contribution in [0.3, 0.4) is 0 Å². The van der Waals surface area contributed by atoms with Crippen molar-refractivity contribution in [1.29, 1.82) is 0 Å². The molecule has 1 aromatic rings. The number of ether oxygens (including phenoxy) is 1. The molecule has 4 nitrogen and oxygen atoms in total. The van der Waals surface area contributed by atoms with Crippen molar-refractivity contribution in [3.05, 3.63) is 15.6 Å². The molecule has 2 rings (SSSR count). The third-order valence-corrected chi connectivity index (χ3v) is 4.68. The van der Waals surface area contributed by atoms with Gasteiger partial charge in [-0.2, -0.15) is 0 Å². The highest BCUT2D eigenvalue weighted by atomic mass is 32.1. The minimum atomic E-state index is 0.162. The van der Waals surface area contributed by atoms with Crippen LogP contribution in [0.1, 0.15) is 41.8 Å². The van der Waals surface area contributed by atoms with E-state index in [1.54, 1.807) is 11.3 Å². The molecule has 112 valence electrons. The van der Waals surface area contributed by atoms with Crippen LogP contribution in [0.25, 0.3) is 0 Å². The Morgan fingerprint density at radius 2 is 2.25 bits per heavy atom. The van der Waals surface area contributed by atoms with Gasteiger partial charge in [-0.15, -0.1) is 11.3 Å². The molecule has 1 aliphatic heterocycles. The Hall–Kier alpha value is -0.940. The monoisotopic (exact) mass is 296 g/mol. The Kier molecular flexibility index (Phi) is 5.54. The molecule has 1 aromatic heterocycles. The first kappa shape index (κ1) is 15.4. The number of carbonyl (C=O) groups excluding carboxylic acids is 1. The van der Waals surface area contributed by atoms with Crippen molar-refractivity contribution in [1.82, 2.24) is 9.88 Å². The number of likely N-dealkylation sites (N-methyl/N-ethyl adjacent to an activating group) is 1. The average molecular weight is 296 g/mol. The molecular formula is C15H24N2O2S. The lowest BCUT2D eigenvalue weighted by atomic mass is 10.1. The van der Waals surface area contributed by atoms with Gasteiger partial charge in [0.05, 0.1) is 23.2 Å². The first-order chi connectivity index (χ1) is 9.60. The van der Waals surface area contributed by atoms with Crippen LogP contribution >= 0.6 is 11.3 Å². The first-order valence-corrected chi connectivity index (χ1v) is 8.24. The van der Waals surface area contributed by atoms with Crippen LogP contribution < -0.4 is 0 Å². The third-order valence-electron chi connectivity index (χ3n) is 3.75. The molecule has 1 amide bonds. The molecule has 0 unspecified atom stereocenters. The van der Waals surface area contributed by atoms with Gasteiger partial charge in [0, 0.05) is 24.6 Å². The number of aryl methyl sites for hydroxylation is 2. The quantitative estimate of drug-likeness (QED) is 0.839. The van der Waals surface area contributed by atoms with Gasteiger partial charge in [0.1, 0.15) is 0 Å². The number of carbonyl (C=O) groups is 1. The Morgan fingerprint density at radius 3 is 2.80 bits per heavy atom. The maximum absolute atomic E-state index is 12.4. The van der Waals surface area contributed by atoms with E-state index in [1.807, 2.05) is 25.7 Å². The second-order valence-corrected chi connectivity index (χ2v) is 6.74. The first-order valence-electron chi connectivity index (χ1n) is 7.42. The van der Waals surface area contributed by atoms with Gasteiger partial charge < -0.3 is 9.64 Å². The summed E-state index contributed by atoms with van der Waals surface area (Å²) < 4.78 is 5.73. The number of amides is 1. The topological polar surface area (TPSA) is 42.4 Å². The van der Waals surface area contributed by atoms with E-state index in [9.17, 15) is 4.79 Å². The molecule has 1 atom stereocenters. The predicted octanol–water partition coefficient (Wildman–Crippen LogP) is 2.72. The van der Waals surface area contributed by atoms with Gasteiger partial charge in [0.25, 0.3) is 0 Å². The molecule has 0 aromatic carbocycles. The van der Waals surface area contributed by atoms with E-state index in [1.165, 1.54) is 6.42 Å². The van der Waals surface area contributed by atoms with Crippen LogP contribution in [0.15, 0.2) is 0 Å². The molecule has 2 heterocycles. The molecule has 1 fully saturated rings. The van der Waals surface area contributed by atoms with Gasteiger partial charge in [0.2, 0.25) is 5.91 Å². The Bertz CT molecular complexity index is 453. The molecule has 0 spiro atoms. The van der Waals surface area contributed by atoms with E-state index in [2.05, 4.69) is 4.98 Å². The Labute approximate surface area is 125 Å². The summed E-state index contributed by atoms with van der Waals surface area (Å²) in [5.74, 6) is 0.162. The highest BCUT2D eigenvalue weighted by Gasteiger charge is 2.21. The average Bonchev–Trinajstić information content (AvgIpc) is 2.75. The van der Waals surface area contributed by atoms with Gasteiger partial charge in [-0.25, -0.2) is 4.98 Å². The minimum Gasteiger partial charge on any atom is -0.376 e. The molecule has 0 radical (unpaired) electrons. The lowest BCUT2D eigenvalue weighted by Crippen LogP contribution is -2.40. The Morgan fingerprint density at radius 1 is 1.45 bits per heavy atom. The van der Waals surface area contributed by atoms with E-state index in [0.717, 1.165) is 48.1 Å². The fraction of sp³-hybridized carbons (Fsp3) is 0.733. The number of thiazole rings is 1. The van der Waals surface area contributed by atoms with Crippen LogP contribution in [0.4, 0.5) is 0 Å². The molecule has 0 saturated carbocycles. The van der Waals surface area contributed by atoms with Gasteiger partial charge in [0.15, 0.2) is 0 Å². The van der Waals surface area contributed by atoms with Gasteiger partial charge in [-0.05, 0) is 40.0 Å². The third kappa shape index (κ3) is 4.03. The zero-order chi connectivity index (χ0) is 14.5. The fourth-order valence-corrected chi connectivity index (χ4v) is 3.43. The molecular weight excluding hydrogens is 272 g/mol. The van der Waals surface area contributed by atoms with E-state index >= 15 is 0 Å². The lowest BCUT2D eigenvalue weighted by molar-refractivity contribution is -0.133. The summed E-state index contributed by atoms with van der Waals surface area (Å²) in [6.07, 6.45) is 4.05. The van der Waals surface area contributed by atoms with E-state index in [4.69, 9.17) is 4.74 Å². The van der Waals surface area contributed by atoms with Crippen LogP contribution in [-0.2, 0) is 16.0 Å². The molecule has 0 bridgehead atoms. The second kappa shape index (κ2) is 7.18. The van der Waals surface area contributed by atoms with Crippen LogP contribution in [0.5, 0.6) is 0 Å². The van der Waals surface area contributed by atoms with Gasteiger partial charge in [-0.3, -0.25) is 4.79 Å². The normalized spacial score (nSPS) is 19.1. The Balaban J connectivity index is 1.92. The highest BCUT2D eigenvalue weighted by Crippen LogP contribution is 2.18. The summed E-state index contributed by atoms with van der Waals surface area (Å²) >= 11 is 1.66. The number of rotatable bonds is 5. The van der Waals surface area contributed by atoms with Crippen molar-refractivity contribution in [2.45, 2.75) is 52.6 Å². The van der Waals surface area contributed by atoms with E-state index in [0.29, 0.717) is 6.42 Å². The summed E-state index contributed by atoms with van der Waals surface area (Å²) in [7, 11) is 0. The fourth-order valence-electron chi connectivity index (χ4n) is 2.60. The maximum Gasteiger partial charge on any atom is 0.228 e. The number of nitrogens with zero attached hydrogens (tertiary/aromatic N) is 2. The van der Waals surface area contributed by atoms with Crippen molar-refractivity contribution in [2.24, 2.45) is 0 Å². The minimum absolute atomic E-state index is 0.162. The maximum atomic E-state index is 12.4. The number of aromatic nitrogens is 1. The molecule has 5 heteroatoms. The SMILES string of the molecule is CCN(C[C@H]1CCCCO1)C(=O)Cc1nc(C)sc1C. The smallest absolute Gasteiger partial charge is 0.228 e. The number of hydrogen-bond acceptors (Lipinski definition) is 4. The van der Waals surface area contributed by atoms with Gasteiger partial charge in [-0.1, -0.05) is 0 Å². The van der Waals surface area contributed by atoms with Crippen molar-refractivity contribution < 1.29 is 9.53 Å². The molecule has 1 saturated heterocycles. The standard InChI is InChI=1S/C15H24N2O2S/c1-4-17(10-13-7-5-6-8-19-13)15(18)9-14-11(2)20-12(3)16-14/h13H,4-10H2,1-3H3/t13-/m1/s1. The zero-order valence-electron chi connectivity index (χ0n) is 12.6. The van der Waals surface area contributed by atoms with Crippen LogP contribution in [0.2, 0.25) is 0 Å². The second-order valence-electron chi connectivity index (χ2n) is 5.33. The highest BCUT2D eigenvalue weighted by molar-refractivity contribution is 7.11. The largest absolute Gasteiger partial charge is 0.376 e. The van der Waals surface area contributed by atoms with Crippen LogP contribution in [0, 0.1) is 13.8 Å². The summed E-state index contributed by atoms with van der Waals surface area (Å²) in [5, 5.41) is 1.03. The lowest BCUT2D eigenvalue weighted by Gasteiger charge is -2.29. The van der Waals surface area contributed by atoms with Gasteiger partial charge >= 0.3 is 0 Å². The molecule has 0 N–H and O–H groups in total. The van der Waals surface area contributed by atoms with Crippen LogP contribution in [-0.4, -0.2) is 41.6 Å². The number of hydrogen-bond donors (Lipinski definition) is 0. The predicted molar refractivity (Wildman–Crippen MR) is 81.1 cm³/mol. The van der Waals surface area contributed by atoms with E-state index in [-0.39, 0.29) is 12.0 Å². The molecule has 20 heavy (non-hydrogen) atoms. The molecule has 1 aliphatic rings. The summed E-state index contributed by atoms with van der Waals surface area (Å²) in [5.41, 5.74) is 0.931.